The summed E-state index contributed by atoms with van der Waals surface area (Å²) in [5.41, 5.74) is 0.968. The van der Waals surface area contributed by atoms with Crippen LogP contribution in [0.4, 0.5) is 13.2 Å². The monoisotopic (exact) mass is 265 g/mol. The first-order valence-electron chi connectivity index (χ1n) is 4.64. The first kappa shape index (κ1) is 15.9. The van der Waals surface area contributed by atoms with Gasteiger partial charge in [0.15, 0.2) is 0 Å². The van der Waals surface area contributed by atoms with Crippen LogP contribution in [0.1, 0.15) is 12.0 Å². The van der Waals surface area contributed by atoms with Gasteiger partial charge in [0.05, 0.1) is 0 Å². The van der Waals surface area contributed by atoms with Crippen molar-refractivity contribution in [1.82, 2.24) is 4.98 Å². The Morgan fingerprint density at radius 1 is 1.28 bits per heavy atom. The van der Waals surface area contributed by atoms with Crippen molar-refractivity contribution in [2.75, 3.05) is 0 Å². The topological polar surface area (TPSA) is 87.5 Å². The molecule has 0 radical (unpaired) electrons. The second-order valence-electron chi connectivity index (χ2n) is 3.06. The van der Waals surface area contributed by atoms with Gasteiger partial charge in [-0.3, -0.25) is 9.78 Å². The Morgan fingerprint density at radius 3 is 2.17 bits per heavy atom. The molecular formula is C10H10F3NO4. The summed E-state index contributed by atoms with van der Waals surface area (Å²) in [7, 11) is 0. The molecule has 0 amide bonds. The van der Waals surface area contributed by atoms with E-state index in [-0.39, 0.29) is 6.42 Å². The van der Waals surface area contributed by atoms with Crippen molar-refractivity contribution in [3.63, 3.8) is 0 Å². The standard InChI is InChI=1S/C8H9NO2.C2HF3O2/c10-8(11)4-3-7-2-1-5-9-6-7;3-2(4,5)1(6)7/h1-2,5-6H,3-4H2,(H,10,11);(H,6,7). The Balaban J connectivity index is 0.000000360. The van der Waals surface area contributed by atoms with Gasteiger partial charge in [-0.15, -0.1) is 0 Å². The van der Waals surface area contributed by atoms with Crippen LogP contribution in [0.5, 0.6) is 0 Å². The third-order valence-corrected chi connectivity index (χ3v) is 1.59. The van der Waals surface area contributed by atoms with Crippen LogP contribution in [0.3, 0.4) is 0 Å². The first-order chi connectivity index (χ1) is 8.23. The first-order valence-corrected chi connectivity index (χ1v) is 4.64. The fraction of sp³-hybridized carbons (Fsp3) is 0.300. The van der Waals surface area contributed by atoms with Crippen LogP contribution in [-0.4, -0.2) is 33.3 Å². The number of halogens is 3. The summed E-state index contributed by atoms with van der Waals surface area (Å²) in [6.45, 7) is 0. The zero-order chi connectivity index (χ0) is 14.2. The largest absolute Gasteiger partial charge is 0.490 e. The van der Waals surface area contributed by atoms with Gasteiger partial charge in [0.2, 0.25) is 0 Å². The van der Waals surface area contributed by atoms with Crippen LogP contribution in [-0.2, 0) is 16.0 Å². The smallest absolute Gasteiger partial charge is 0.481 e. The number of nitrogens with zero attached hydrogens (tertiary/aromatic N) is 1. The Hall–Kier alpha value is -2.12. The number of carboxylic acids is 2. The molecule has 0 aliphatic rings. The molecule has 0 atom stereocenters. The van der Waals surface area contributed by atoms with Gasteiger partial charge in [0, 0.05) is 18.8 Å². The lowest BCUT2D eigenvalue weighted by Crippen LogP contribution is -2.21. The molecule has 8 heteroatoms. The number of aromatic nitrogens is 1. The summed E-state index contributed by atoms with van der Waals surface area (Å²) in [4.78, 5) is 22.9. The molecule has 0 saturated heterocycles. The normalized spacial score (nSPS) is 10.2. The molecule has 1 heterocycles. The van der Waals surface area contributed by atoms with Crippen molar-refractivity contribution in [1.29, 1.82) is 0 Å². The van der Waals surface area contributed by atoms with Crippen molar-refractivity contribution in [3.8, 4) is 0 Å². The lowest BCUT2D eigenvalue weighted by atomic mass is 10.2. The third-order valence-electron chi connectivity index (χ3n) is 1.59. The van der Waals surface area contributed by atoms with Gasteiger partial charge in [-0.1, -0.05) is 6.07 Å². The predicted molar refractivity (Wildman–Crippen MR) is 53.9 cm³/mol. The van der Waals surface area contributed by atoms with Gasteiger partial charge in [0.25, 0.3) is 0 Å². The number of rotatable bonds is 3. The number of aryl methyl sites for hydroxylation is 1. The number of hydrogen-bond donors (Lipinski definition) is 2. The fourth-order valence-electron chi connectivity index (χ4n) is 0.797. The highest BCUT2D eigenvalue weighted by Gasteiger charge is 2.38. The summed E-state index contributed by atoms with van der Waals surface area (Å²) in [6, 6.07) is 3.67. The number of pyridine rings is 1. The quantitative estimate of drug-likeness (QED) is 0.869. The van der Waals surface area contributed by atoms with Gasteiger partial charge in [-0.2, -0.15) is 13.2 Å². The minimum Gasteiger partial charge on any atom is -0.481 e. The van der Waals surface area contributed by atoms with Gasteiger partial charge in [-0.05, 0) is 18.1 Å². The van der Waals surface area contributed by atoms with E-state index < -0.39 is 18.1 Å². The van der Waals surface area contributed by atoms with Crippen LogP contribution >= 0.6 is 0 Å². The maximum absolute atomic E-state index is 10.6. The summed E-state index contributed by atoms with van der Waals surface area (Å²) < 4.78 is 31.7. The molecule has 0 fully saturated rings. The molecule has 1 aromatic heterocycles. The summed E-state index contributed by atoms with van der Waals surface area (Å²) >= 11 is 0. The zero-order valence-corrected chi connectivity index (χ0v) is 9.02. The Bertz CT molecular complexity index is 392. The van der Waals surface area contributed by atoms with E-state index in [0.717, 1.165) is 5.56 Å². The van der Waals surface area contributed by atoms with Crippen LogP contribution in [0.25, 0.3) is 0 Å². The van der Waals surface area contributed by atoms with E-state index in [1.54, 1.807) is 18.5 Å². The minimum absolute atomic E-state index is 0.172. The maximum Gasteiger partial charge on any atom is 0.490 e. The Morgan fingerprint density at radius 2 is 1.83 bits per heavy atom. The lowest BCUT2D eigenvalue weighted by molar-refractivity contribution is -0.192. The minimum atomic E-state index is -5.08. The van der Waals surface area contributed by atoms with Crippen LogP contribution in [0.2, 0.25) is 0 Å². The second kappa shape index (κ2) is 7.25. The van der Waals surface area contributed by atoms with E-state index in [0.29, 0.717) is 6.42 Å². The molecule has 0 saturated carbocycles. The Labute approximate surface area is 99.9 Å². The van der Waals surface area contributed by atoms with Crippen molar-refractivity contribution in [3.05, 3.63) is 30.1 Å². The molecule has 100 valence electrons. The molecule has 0 aliphatic heterocycles. The molecule has 18 heavy (non-hydrogen) atoms. The van der Waals surface area contributed by atoms with Crippen LogP contribution in [0, 0.1) is 0 Å². The highest BCUT2D eigenvalue weighted by Crippen LogP contribution is 2.13. The highest BCUT2D eigenvalue weighted by atomic mass is 19.4. The van der Waals surface area contributed by atoms with Crippen LogP contribution in [0.15, 0.2) is 24.5 Å². The van der Waals surface area contributed by atoms with Crippen molar-refractivity contribution < 1.29 is 33.0 Å². The predicted octanol–water partition coefficient (Wildman–Crippen LogP) is 1.73. The summed E-state index contributed by atoms with van der Waals surface area (Å²) in [5.74, 6) is -3.53. The van der Waals surface area contributed by atoms with E-state index >= 15 is 0 Å². The van der Waals surface area contributed by atoms with Crippen molar-refractivity contribution in [2.24, 2.45) is 0 Å². The SMILES string of the molecule is O=C(O)C(F)(F)F.O=C(O)CCc1cccnc1. The van der Waals surface area contributed by atoms with Crippen molar-refractivity contribution >= 4 is 11.9 Å². The lowest BCUT2D eigenvalue weighted by Gasteiger charge is -1.94. The molecule has 0 bridgehead atoms. The second-order valence-corrected chi connectivity index (χ2v) is 3.06. The molecule has 0 spiro atoms. The van der Waals surface area contributed by atoms with Gasteiger partial charge in [0.1, 0.15) is 0 Å². The van der Waals surface area contributed by atoms with Gasteiger partial charge in [-0.25, -0.2) is 4.79 Å². The molecule has 0 aliphatic carbocycles. The average molecular weight is 265 g/mol. The van der Waals surface area contributed by atoms with E-state index in [1.807, 2.05) is 6.07 Å². The average Bonchev–Trinajstić information content (AvgIpc) is 2.27. The zero-order valence-electron chi connectivity index (χ0n) is 9.02. The molecule has 1 aromatic rings. The number of carboxylic acid groups (broad SMARTS) is 2. The van der Waals surface area contributed by atoms with E-state index in [9.17, 15) is 18.0 Å². The van der Waals surface area contributed by atoms with Gasteiger partial charge < -0.3 is 10.2 Å². The summed E-state index contributed by atoms with van der Waals surface area (Å²) in [6.07, 6.45) is -0.998. The highest BCUT2D eigenvalue weighted by molar-refractivity contribution is 5.73. The number of carbonyl (C=O) groups is 2. The fourth-order valence-corrected chi connectivity index (χ4v) is 0.797. The molecule has 2 N–H and O–H groups in total. The number of aliphatic carboxylic acids is 2. The summed E-state index contributed by atoms with van der Waals surface area (Å²) in [5, 5.41) is 15.5. The van der Waals surface area contributed by atoms with E-state index in [2.05, 4.69) is 4.98 Å². The van der Waals surface area contributed by atoms with Gasteiger partial charge >= 0.3 is 18.1 Å². The number of alkyl halides is 3. The molecular weight excluding hydrogens is 255 g/mol. The van der Waals surface area contributed by atoms with Crippen LogP contribution < -0.4 is 0 Å². The Kier molecular flexibility index (Phi) is 6.40. The third kappa shape index (κ3) is 8.08. The molecule has 0 aromatic carbocycles. The van der Waals surface area contributed by atoms with E-state index in [4.69, 9.17) is 15.0 Å². The van der Waals surface area contributed by atoms with Crippen molar-refractivity contribution in [2.45, 2.75) is 19.0 Å². The number of hydrogen-bond acceptors (Lipinski definition) is 3. The van der Waals surface area contributed by atoms with E-state index in [1.165, 1.54) is 0 Å². The molecule has 5 nitrogen and oxygen atoms in total. The molecule has 0 unspecified atom stereocenters. The maximum atomic E-state index is 10.6. The molecule has 1 rings (SSSR count).